The smallest absolute Gasteiger partial charge is 0.326 e. The lowest BCUT2D eigenvalue weighted by Crippen LogP contribution is -2.44. The van der Waals surface area contributed by atoms with Gasteiger partial charge in [0.1, 0.15) is 6.04 Å². The number of alkyl halides is 1. The molecule has 1 N–H and O–H groups in total. The Kier molecular flexibility index (Phi) is 5.01. The molecule has 1 aliphatic rings. The van der Waals surface area contributed by atoms with Crippen molar-refractivity contribution in [2.45, 2.75) is 25.3 Å². The number of hydrogen-bond donors (Lipinski definition) is 1. The van der Waals surface area contributed by atoms with E-state index in [2.05, 4.69) is 0 Å². The van der Waals surface area contributed by atoms with E-state index in [0.717, 1.165) is 12.0 Å². The zero-order valence-electron chi connectivity index (χ0n) is 11.2. The normalized spacial score (nSPS) is 19.9. The highest BCUT2D eigenvalue weighted by Gasteiger charge is 2.36. The third kappa shape index (κ3) is 3.31. The van der Waals surface area contributed by atoms with E-state index in [-0.39, 0.29) is 17.7 Å². The molecule has 0 saturated carbocycles. The van der Waals surface area contributed by atoms with Crippen LogP contribution in [0, 0.1) is 5.92 Å². The van der Waals surface area contributed by atoms with Gasteiger partial charge >= 0.3 is 5.97 Å². The van der Waals surface area contributed by atoms with Gasteiger partial charge in [0.05, 0.1) is 5.92 Å². The number of likely N-dealkylation sites (tertiary alicyclic amines) is 1. The van der Waals surface area contributed by atoms with Gasteiger partial charge in [0, 0.05) is 12.4 Å². The van der Waals surface area contributed by atoms with Gasteiger partial charge < -0.3 is 10.0 Å². The molecule has 2 atom stereocenters. The fourth-order valence-electron chi connectivity index (χ4n) is 2.63. The van der Waals surface area contributed by atoms with Gasteiger partial charge in [-0.15, -0.1) is 11.6 Å². The summed E-state index contributed by atoms with van der Waals surface area (Å²) in [5.74, 6) is -1.23. The summed E-state index contributed by atoms with van der Waals surface area (Å²) in [7, 11) is 0. The van der Waals surface area contributed by atoms with E-state index in [1.165, 1.54) is 4.90 Å². The number of carbonyl (C=O) groups excluding carboxylic acids is 1. The monoisotopic (exact) mass is 295 g/mol. The van der Waals surface area contributed by atoms with E-state index in [1.54, 1.807) is 0 Å². The average Bonchev–Trinajstić information content (AvgIpc) is 2.94. The second kappa shape index (κ2) is 6.75. The van der Waals surface area contributed by atoms with Gasteiger partial charge in [-0.3, -0.25) is 4.79 Å². The Hall–Kier alpha value is -1.55. The number of nitrogens with zero attached hydrogens (tertiary/aromatic N) is 1. The minimum absolute atomic E-state index is 0.145. The highest BCUT2D eigenvalue weighted by Crippen LogP contribution is 2.22. The molecule has 20 heavy (non-hydrogen) atoms. The summed E-state index contributed by atoms with van der Waals surface area (Å²) in [4.78, 5) is 25.1. The van der Waals surface area contributed by atoms with Crippen LogP contribution in [0.3, 0.4) is 0 Å². The maximum atomic E-state index is 12.5. The van der Waals surface area contributed by atoms with E-state index in [1.807, 2.05) is 30.3 Å². The molecule has 0 aliphatic carbocycles. The second-order valence-electron chi connectivity index (χ2n) is 5.07. The molecule has 0 bridgehead atoms. The van der Waals surface area contributed by atoms with Crippen molar-refractivity contribution in [2.24, 2.45) is 5.92 Å². The minimum Gasteiger partial charge on any atom is -0.480 e. The van der Waals surface area contributed by atoms with Crippen molar-refractivity contribution < 1.29 is 14.7 Å². The van der Waals surface area contributed by atoms with Crippen LogP contribution in [0.15, 0.2) is 30.3 Å². The summed E-state index contributed by atoms with van der Waals surface area (Å²) in [5, 5.41) is 9.15. The van der Waals surface area contributed by atoms with E-state index in [4.69, 9.17) is 16.7 Å². The van der Waals surface area contributed by atoms with Crippen LogP contribution in [0.4, 0.5) is 0 Å². The van der Waals surface area contributed by atoms with Crippen LogP contribution in [0.25, 0.3) is 0 Å². The topological polar surface area (TPSA) is 57.6 Å². The average molecular weight is 296 g/mol. The van der Waals surface area contributed by atoms with Crippen LogP contribution in [0.1, 0.15) is 18.4 Å². The highest BCUT2D eigenvalue weighted by atomic mass is 35.5. The number of amides is 1. The lowest BCUT2D eigenvalue weighted by atomic mass is 9.99. The predicted molar refractivity (Wildman–Crippen MR) is 76.7 cm³/mol. The van der Waals surface area contributed by atoms with E-state index < -0.39 is 12.0 Å². The molecule has 1 fully saturated rings. The third-order valence-corrected chi connectivity index (χ3v) is 4.05. The number of carbonyl (C=O) groups is 2. The van der Waals surface area contributed by atoms with Gasteiger partial charge in [-0.25, -0.2) is 4.79 Å². The van der Waals surface area contributed by atoms with Crippen molar-refractivity contribution in [3.8, 4) is 0 Å². The molecule has 4 nitrogen and oxygen atoms in total. The molecule has 1 heterocycles. The molecule has 0 spiro atoms. The van der Waals surface area contributed by atoms with Crippen LogP contribution in [0.5, 0.6) is 0 Å². The summed E-state index contributed by atoms with van der Waals surface area (Å²) in [5.41, 5.74) is 1.04. The van der Waals surface area contributed by atoms with Crippen molar-refractivity contribution >= 4 is 23.5 Å². The van der Waals surface area contributed by atoms with Crippen LogP contribution in [-0.4, -0.2) is 40.3 Å². The van der Waals surface area contributed by atoms with Crippen molar-refractivity contribution in [3.05, 3.63) is 35.9 Å². The van der Waals surface area contributed by atoms with E-state index in [0.29, 0.717) is 19.4 Å². The van der Waals surface area contributed by atoms with Crippen LogP contribution in [0.2, 0.25) is 0 Å². The number of halogens is 1. The molecule has 108 valence electrons. The largest absolute Gasteiger partial charge is 0.480 e. The first-order valence-electron chi connectivity index (χ1n) is 6.76. The highest BCUT2D eigenvalue weighted by molar-refractivity contribution is 6.19. The summed E-state index contributed by atoms with van der Waals surface area (Å²) < 4.78 is 0. The van der Waals surface area contributed by atoms with Gasteiger partial charge in [0.15, 0.2) is 0 Å². The quantitative estimate of drug-likeness (QED) is 0.847. The number of aliphatic carboxylic acids is 1. The molecule has 5 heteroatoms. The van der Waals surface area contributed by atoms with Gasteiger partial charge in [-0.1, -0.05) is 30.3 Å². The van der Waals surface area contributed by atoms with Crippen LogP contribution in [-0.2, 0) is 16.0 Å². The Balaban J connectivity index is 2.07. The van der Waals surface area contributed by atoms with Gasteiger partial charge in [-0.2, -0.15) is 0 Å². The SMILES string of the molecule is O=C(O)[C@@H]1CCCN1C(=O)C(CCl)Cc1ccccc1. The zero-order valence-corrected chi connectivity index (χ0v) is 11.9. The van der Waals surface area contributed by atoms with E-state index >= 15 is 0 Å². The van der Waals surface area contributed by atoms with Gasteiger partial charge in [-0.05, 0) is 24.8 Å². The predicted octanol–water partition coefficient (Wildman–Crippen LogP) is 2.16. The fraction of sp³-hybridized carbons (Fsp3) is 0.467. The molecule has 2 rings (SSSR count). The second-order valence-corrected chi connectivity index (χ2v) is 5.38. The first-order valence-corrected chi connectivity index (χ1v) is 7.30. The van der Waals surface area contributed by atoms with Crippen molar-refractivity contribution in [3.63, 3.8) is 0 Å². The van der Waals surface area contributed by atoms with Crippen LogP contribution < -0.4 is 0 Å². The first kappa shape index (κ1) is 14.9. The van der Waals surface area contributed by atoms with E-state index in [9.17, 15) is 9.59 Å². The summed E-state index contributed by atoms with van der Waals surface area (Å²) in [6.45, 7) is 0.512. The Bertz CT molecular complexity index is 477. The first-order chi connectivity index (χ1) is 9.63. The third-order valence-electron chi connectivity index (χ3n) is 3.68. The maximum Gasteiger partial charge on any atom is 0.326 e. The molecule has 0 radical (unpaired) electrons. The Morgan fingerprint density at radius 2 is 2.05 bits per heavy atom. The Morgan fingerprint density at radius 3 is 2.65 bits per heavy atom. The summed E-state index contributed by atoms with van der Waals surface area (Å²) >= 11 is 5.92. The fourth-order valence-corrected chi connectivity index (χ4v) is 2.87. The molecule has 0 aromatic heterocycles. The maximum absolute atomic E-state index is 12.5. The molecule has 1 aromatic carbocycles. The zero-order chi connectivity index (χ0) is 14.5. The molecular formula is C15H18ClNO3. The Morgan fingerprint density at radius 1 is 1.35 bits per heavy atom. The summed E-state index contributed by atoms with van der Waals surface area (Å²) in [6, 6.07) is 8.96. The van der Waals surface area contributed by atoms with Crippen molar-refractivity contribution in [1.82, 2.24) is 4.90 Å². The summed E-state index contributed by atoms with van der Waals surface area (Å²) in [6.07, 6.45) is 1.82. The molecule has 1 unspecified atom stereocenters. The standard InChI is InChI=1S/C15H18ClNO3/c16-10-12(9-11-5-2-1-3-6-11)14(18)17-8-4-7-13(17)15(19)20/h1-3,5-6,12-13H,4,7-10H2,(H,19,20)/t12?,13-/m0/s1. The van der Waals surface area contributed by atoms with Crippen molar-refractivity contribution in [2.75, 3.05) is 12.4 Å². The van der Waals surface area contributed by atoms with Gasteiger partial charge in [0.2, 0.25) is 5.91 Å². The number of carboxylic acids is 1. The molecule has 1 aliphatic heterocycles. The minimum atomic E-state index is -0.927. The number of benzene rings is 1. The number of carboxylic acid groups (broad SMARTS) is 1. The molecular weight excluding hydrogens is 278 g/mol. The molecule has 1 saturated heterocycles. The molecule has 1 aromatic rings. The lowest BCUT2D eigenvalue weighted by molar-refractivity contribution is -0.149. The number of rotatable bonds is 5. The van der Waals surface area contributed by atoms with Gasteiger partial charge in [0.25, 0.3) is 0 Å². The van der Waals surface area contributed by atoms with Crippen LogP contribution >= 0.6 is 11.6 Å². The Labute approximate surface area is 123 Å². The lowest BCUT2D eigenvalue weighted by Gasteiger charge is -2.25. The molecule has 1 amide bonds. The number of hydrogen-bond acceptors (Lipinski definition) is 2. The van der Waals surface area contributed by atoms with Crippen molar-refractivity contribution in [1.29, 1.82) is 0 Å².